The molecule has 11 heavy (non-hydrogen) atoms. The fourth-order valence-corrected chi connectivity index (χ4v) is 0. The summed E-state index contributed by atoms with van der Waals surface area (Å²) in [6.07, 6.45) is 0. The second-order valence-corrected chi connectivity index (χ2v) is 1.55. The Bertz CT molecular complexity index is 105. The van der Waals surface area contributed by atoms with Gasteiger partial charge in [0.2, 0.25) is 0 Å². The van der Waals surface area contributed by atoms with Crippen LogP contribution in [0.15, 0.2) is 0 Å². The number of aliphatic carboxylic acids is 2. The molecule has 0 aromatic carbocycles. The molecule has 0 aliphatic heterocycles. The number of halogens is 2. The van der Waals surface area contributed by atoms with Crippen molar-refractivity contribution in [2.45, 2.75) is 0 Å². The maximum Gasteiger partial charge on any atom is 2.00 e. The first-order valence-electron chi connectivity index (χ1n) is 2.06. The van der Waals surface area contributed by atoms with Crippen LogP contribution in [0.1, 0.15) is 0 Å². The average molecular weight is 382 g/mol. The van der Waals surface area contributed by atoms with Crippen LogP contribution in [0.4, 0.5) is 0 Å². The monoisotopic (exact) mass is 381 g/mol. The quantitative estimate of drug-likeness (QED) is 0.515. The standard InChI is InChI=1S/2C2H3ClO2.Pt/c2*3-1-2(4)5;/h2*1H2,(H,4,5);/q;;+2/p-2. The Balaban J connectivity index is -0.000000107. The molecule has 0 N–H and O–H groups in total. The fourth-order valence-electron chi connectivity index (χ4n) is 0. The fraction of sp³-hybridized carbons (Fsp3) is 0.500. The summed E-state index contributed by atoms with van der Waals surface area (Å²) in [5.41, 5.74) is 0. The molecule has 0 spiro atoms. The van der Waals surface area contributed by atoms with Gasteiger partial charge in [0.1, 0.15) is 0 Å². The van der Waals surface area contributed by atoms with Gasteiger partial charge in [-0.1, -0.05) is 0 Å². The average Bonchev–Trinajstić information content (AvgIpc) is 1.89. The Labute approximate surface area is 87.7 Å². The summed E-state index contributed by atoms with van der Waals surface area (Å²) in [6.45, 7) is 0. The Hall–Kier alpha value is 0.208. The van der Waals surface area contributed by atoms with Gasteiger partial charge in [0.15, 0.2) is 0 Å². The molecule has 0 saturated heterocycles. The summed E-state index contributed by atoms with van der Waals surface area (Å²) < 4.78 is 0. The molecule has 0 radical (unpaired) electrons. The minimum Gasteiger partial charge on any atom is -0.549 e. The number of carboxylic acid groups (broad SMARTS) is 2. The molecular formula is C4H4Cl2O4Pt. The predicted octanol–water partition coefficient (Wildman–Crippen LogP) is -2.05. The van der Waals surface area contributed by atoms with Gasteiger partial charge in [-0.15, -0.1) is 23.2 Å². The molecule has 0 rings (SSSR count). The van der Waals surface area contributed by atoms with E-state index in [-0.39, 0.29) is 21.1 Å². The van der Waals surface area contributed by atoms with Gasteiger partial charge in [0.25, 0.3) is 0 Å². The number of hydrogen-bond donors (Lipinski definition) is 0. The maximum absolute atomic E-state index is 9.12. The Morgan fingerprint density at radius 2 is 1.09 bits per heavy atom. The number of alkyl halides is 2. The number of carbonyl (C=O) groups is 2. The summed E-state index contributed by atoms with van der Waals surface area (Å²) in [5, 5.41) is 18.2. The Kier molecular flexibility index (Phi) is 20.2. The normalized spacial score (nSPS) is 6.73. The van der Waals surface area contributed by atoms with Crippen molar-refractivity contribution in [3.63, 3.8) is 0 Å². The van der Waals surface area contributed by atoms with Crippen molar-refractivity contribution >= 4 is 35.1 Å². The van der Waals surface area contributed by atoms with E-state index in [9.17, 15) is 0 Å². The first kappa shape index (κ1) is 17.3. The van der Waals surface area contributed by atoms with E-state index < -0.39 is 23.7 Å². The van der Waals surface area contributed by atoms with E-state index in [1.54, 1.807) is 0 Å². The van der Waals surface area contributed by atoms with Crippen molar-refractivity contribution in [2.75, 3.05) is 11.8 Å². The zero-order valence-corrected chi connectivity index (χ0v) is 8.90. The van der Waals surface area contributed by atoms with Crippen molar-refractivity contribution in [3.05, 3.63) is 0 Å². The molecule has 0 aliphatic carbocycles. The zero-order chi connectivity index (χ0) is 8.57. The molecule has 0 bridgehead atoms. The first-order valence-corrected chi connectivity index (χ1v) is 3.13. The minimum absolute atomic E-state index is 0. The molecule has 7 heteroatoms. The number of carboxylic acids is 2. The molecular weight excluding hydrogens is 378 g/mol. The van der Waals surface area contributed by atoms with E-state index in [2.05, 4.69) is 23.2 Å². The van der Waals surface area contributed by atoms with Crippen LogP contribution in [0.5, 0.6) is 0 Å². The molecule has 0 unspecified atom stereocenters. The topological polar surface area (TPSA) is 80.3 Å². The van der Waals surface area contributed by atoms with Crippen molar-refractivity contribution in [1.82, 2.24) is 0 Å². The summed E-state index contributed by atoms with van der Waals surface area (Å²) in [4.78, 5) is 18.2. The van der Waals surface area contributed by atoms with E-state index in [0.717, 1.165) is 0 Å². The number of carbonyl (C=O) groups excluding carboxylic acids is 2. The molecule has 0 saturated carbocycles. The van der Waals surface area contributed by atoms with Crippen LogP contribution in [-0.4, -0.2) is 23.7 Å². The Morgan fingerprint density at radius 1 is 1.00 bits per heavy atom. The molecule has 68 valence electrons. The summed E-state index contributed by atoms with van der Waals surface area (Å²) >= 11 is 9.35. The van der Waals surface area contributed by atoms with Crippen molar-refractivity contribution in [2.24, 2.45) is 0 Å². The van der Waals surface area contributed by atoms with Crippen LogP contribution >= 0.6 is 23.2 Å². The van der Waals surface area contributed by atoms with Crippen molar-refractivity contribution in [1.29, 1.82) is 0 Å². The van der Waals surface area contributed by atoms with Crippen molar-refractivity contribution < 1.29 is 40.9 Å². The van der Waals surface area contributed by atoms with E-state index in [0.29, 0.717) is 0 Å². The molecule has 0 aliphatic rings. The van der Waals surface area contributed by atoms with E-state index >= 15 is 0 Å². The second-order valence-electron chi connectivity index (χ2n) is 1.01. The minimum atomic E-state index is -1.23. The number of hydrogen-bond acceptors (Lipinski definition) is 4. The van der Waals surface area contributed by atoms with Gasteiger partial charge in [-0.3, -0.25) is 0 Å². The smallest absolute Gasteiger partial charge is 0.549 e. The number of rotatable bonds is 2. The van der Waals surface area contributed by atoms with Crippen molar-refractivity contribution in [3.8, 4) is 0 Å². The SMILES string of the molecule is O=C([O-])CCl.O=C([O-])CCl.[Pt+2]. The third-order valence-electron chi connectivity index (χ3n) is 0.218. The van der Waals surface area contributed by atoms with Gasteiger partial charge in [0, 0.05) is 0 Å². The van der Waals surface area contributed by atoms with Gasteiger partial charge >= 0.3 is 21.1 Å². The molecule has 0 heterocycles. The molecule has 0 amide bonds. The predicted molar refractivity (Wildman–Crippen MR) is 31.5 cm³/mol. The van der Waals surface area contributed by atoms with E-state index in [1.165, 1.54) is 0 Å². The maximum atomic E-state index is 9.12. The molecule has 4 nitrogen and oxygen atoms in total. The van der Waals surface area contributed by atoms with Gasteiger partial charge in [-0.2, -0.15) is 0 Å². The second kappa shape index (κ2) is 12.8. The van der Waals surface area contributed by atoms with Gasteiger partial charge < -0.3 is 19.8 Å². The summed E-state index contributed by atoms with van der Waals surface area (Å²) in [7, 11) is 0. The third-order valence-corrected chi connectivity index (χ3v) is 0.655. The first-order chi connectivity index (χ1) is 4.54. The van der Waals surface area contributed by atoms with Crippen LogP contribution in [0.25, 0.3) is 0 Å². The van der Waals surface area contributed by atoms with Gasteiger partial charge in [0.05, 0.1) is 23.7 Å². The zero-order valence-electron chi connectivity index (χ0n) is 5.12. The molecule has 0 atom stereocenters. The largest absolute Gasteiger partial charge is 2.00 e. The van der Waals surface area contributed by atoms with Crippen LogP contribution in [0.3, 0.4) is 0 Å². The molecule has 0 aromatic heterocycles. The third kappa shape index (κ3) is 38.8. The van der Waals surface area contributed by atoms with Gasteiger partial charge in [-0.05, 0) is 0 Å². The van der Waals surface area contributed by atoms with Crippen LogP contribution in [0.2, 0.25) is 0 Å². The Morgan fingerprint density at radius 3 is 1.09 bits per heavy atom. The summed E-state index contributed by atoms with van der Waals surface area (Å²) in [5.74, 6) is -3.29. The summed E-state index contributed by atoms with van der Waals surface area (Å²) in [6, 6.07) is 0. The van der Waals surface area contributed by atoms with Crippen LogP contribution in [-0.2, 0) is 30.7 Å². The molecule has 0 fully saturated rings. The van der Waals surface area contributed by atoms with Crippen LogP contribution < -0.4 is 10.2 Å². The van der Waals surface area contributed by atoms with E-state index in [4.69, 9.17) is 19.8 Å². The van der Waals surface area contributed by atoms with Gasteiger partial charge in [-0.25, -0.2) is 0 Å². The molecule has 0 aromatic rings. The van der Waals surface area contributed by atoms with Crippen LogP contribution in [0, 0.1) is 0 Å². The van der Waals surface area contributed by atoms with E-state index in [1.807, 2.05) is 0 Å².